The third-order valence-corrected chi connectivity index (χ3v) is 8.42. The monoisotopic (exact) mass is 702 g/mol. The number of aromatic nitrogens is 4. The molecule has 2 heterocycles. The molecule has 2 atom stereocenters. The van der Waals surface area contributed by atoms with Gasteiger partial charge in [-0.15, -0.1) is 0 Å². The molecule has 0 aliphatic rings. The predicted octanol–water partition coefficient (Wildman–Crippen LogP) is 7.23. The van der Waals surface area contributed by atoms with Crippen LogP contribution in [0.25, 0.3) is 11.2 Å². The molecule has 2 unspecified atom stereocenters. The molecule has 11 nitrogen and oxygen atoms in total. The highest BCUT2D eigenvalue weighted by atomic mass is 79.9. The Morgan fingerprint density at radius 1 is 0.884 bits per heavy atom. The molecule has 0 radical (unpaired) electrons. The van der Waals surface area contributed by atoms with Gasteiger partial charge in [0, 0.05) is 19.6 Å². The first kappa shape index (κ1) is 37.8. The number of imidazole rings is 1. The van der Waals surface area contributed by atoms with E-state index in [0.717, 1.165) is 32.1 Å². The first-order valence-electron chi connectivity index (χ1n) is 15.1. The predicted molar refractivity (Wildman–Crippen MR) is 163 cm³/mol. The molecule has 5 N–H and O–H groups in total. The third kappa shape index (κ3) is 17.1. The summed E-state index contributed by atoms with van der Waals surface area (Å²) < 4.78 is 66.5. The van der Waals surface area contributed by atoms with Crippen molar-refractivity contribution in [2.24, 2.45) is 5.73 Å². The van der Waals surface area contributed by atoms with Gasteiger partial charge in [-0.2, -0.15) is 18.2 Å². The summed E-state index contributed by atoms with van der Waals surface area (Å²) in [6.45, 7) is 1.11. The zero-order valence-electron chi connectivity index (χ0n) is 24.8. The molecule has 0 aliphatic carbocycles. The second kappa shape index (κ2) is 20.6. The van der Waals surface area contributed by atoms with E-state index in [4.69, 9.17) is 25.5 Å². The Hall–Kier alpha value is -1.35. The van der Waals surface area contributed by atoms with E-state index in [0.29, 0.717) is 41.8 Å². The fraction of sp³-hybridized carbons (Fsp3) is 0.815. The summed E-state index contributed by atoms with van der Waals surface area (Å²) in [5.74, 6) is 0.0561. The van der Waals surface area contributed by atoms with Crippen LogP contribution in [0.5, 0.6) is 0 Å². The molecule has 0 aliphatic heterocycles. The van der Waals surface area contributed by atoms with Crippen LogP contribution >= 0.6 is 23.5 Å². The maximum Gasteiger partial charge on any atom is 0.389 e. The Morgan fingerprint density at radius 3 is 2.05 bits per heavy atom. The topological polar surface area (TPSA) is 161 Å². The van der Waals surface area contributed by atoms with Crippen LogP contribution in [0.1, 0.15) is 102 Å². The number of rotatable bonds is 25. The Morgan fingerprint density at radius 2 is 1.44 bits per heavy atom. The number of unbranched alkanes of at least 4 members (excludes halogenated alkanes) is 12. The molecule has 0 spiro atoms. The molecule has 0 amide bonds. The molecule has 2 aromatic heterocycles. The van der Waals surface area contributed by atoms with Gasteiger partial charge in [0.1, 0.15) is 22.6 Å². The standard InChI is InChI=1S/C27H47BrF3N6O5P/c28-24-23-25(36-26(33)35-24)37(20-34-23)22(32)19-41-21-43(38,39)42-18-14-17-40-16-13-11-9-7-5-3-1-2-4-6-8-10-12-15-27(29,30)31/h20,22H,1-19,21,32H2,(H,38,39)(H2,33,35,36). The molecule has 0 bridgehead atoms. The Kier molecular flexibility index (Phi) is 18.2. The SMILES string of the molecule is Nc1nc(Br)c2ncn(C(N)COCP(=O)(O)OCCCOCCCCCCCCCCCCCCCC(F)(F)F)c2n1. The Labute approximate surface area is 260 Å². The molecule has 16 heteroatoms. The maximum absolute atomic E-state index is 12.2. The quantitative estimate of drug-likeness (QED) is 0.0547. The van der Waals surface area contributed by atoms with Crippen LogP contribution in [0.3, 0.4) is 0 Å². The van der Waals surface area contributed by atoms with Gasteiger partial charge in [0.2, 0.25) is 5.95 Å². The van der Waals surface area contributed by atoms with E-state index >= 15 is 0 Å². The van der Waals surface area contributed by atoms with Crippen molar-refractivity contribution in [1.82, 2.24) is 19.5 Å². The second-order valence-electron chi connectivity index (χ2n) is 10.7. The molecule has 2 rings (SSSR count). The number of hydrogen-bond donors (Lipinski definition) is 3. The number of nitrogens with two attached hydrogens (primary N) is 2. The number of ether oxygens (including phenoxy) is 2. The number of hydrogen-bond acceptors (Lipinski definition) is 9. The average molecular weight is 704 g/mol. The summed E-state index contributed by atoms with van der Waals surface area (Å²) in [6, 6.07) is 0. The van der Waals surface area contributed by atoms with Gasteiger partial charge in [-0.05, 0) is 35.2 Å². The van der Waals surface area contributed by atoms with E-state index in [1.54, 1.807) is 4.57 Å². The van der Waals surface area contributed by atoms with Crippen molar-refractivity contribution in [2.45, 2.75) is 109 Å². The number of halogens is 4. The number of alkyl halides is 3. The molecule has 0 saturated heterocycles. The van der Waals surface area contributed by atoms with E-state index in [2.05, 4.69) is 30.9 Å². The fourth-order valence-corrected chi connectivity index (χ4v) is 5.78. The molecule has 0 aromatic carbocycles. The summed E-state index contributed by atoms with van der Waals surface area (Å²) in [5.41, 5.74) is 12.7. The van der Waals surface area contributed by atoms with Crippen LogP contribution in [-0.2, 0) is 18.6 Å². The fourth-order valence-electron chi connectivity index (χ4n) is 4.49. The van der Waals surface area contributed by atoms with Crippen LogP contribution in [-0.4, -0.2) is 63.4 Å². The minimum atomic E-state index is -4.02. The zero-order chi connectivity index (χ0) is 31.6. The van der Waals surface area contributed by atoms with Crippen LogP contribution < -0.4 is 11.5 Å². The van der Waals surface area contributed by atoms with Crippen LogP contribution in [0.15, 0.2) is 10.9 Å². The van der Waals surface area contributed by atoms with Gasteiger partial charge in [-0.25, -0.2) is 9.97 Å². The summed E-state index contributed by atoms with van der Waals surface area (Å²) in [6.07, 6.45) is 9.29. The number of nitrogen functional groups attached to an aromatic ring is 1. The minimum Gasteiger partial charge on any atom is -0.381 e. The van der Waals surface area contributed by atoms with Crippen molar-refractivity contribution in [2.75, 3.05) is 38.5 Å². The normalized spacial score (nSPS) is 14.4. The van der Waals surface area contributed by atoms with Crippen molar-refractivity contribution < 1.29 is 36.6 Å². The lowest BCUT2D eigenvalue weighted by Gasteiger charge is -2.16. The lowest BCUT2D eigenvalue weighted by atomic mass is 10.0. The lowest BCUT2D eigenvalue weighted by molar-refractivity contribution is -0.135. The Balaban J connectivity index is 1.37. The zero-order valence-corrected chi connectivity index (χ0v) is 27.3. The lowest BCUT2D eigenvalue weighted by Crippen LogP contribution is -2.24. The van der Waals surface area contributed by atoms with E-state index in [-0.39, 0.29) is 25.6 Å². The third-order valence-electron chi connectivity index (χ3n) is 6.77. The minimum absolute atomic E-state index is 0.0561. The number of nitrogens with zero attached hydrogens (tertiary/aromatic N) is 4. The molecule has 0 fully saturated rings. The largest absolute Gasteiger partial charge is 0.389 e. The van der Waals surface area contributed by atoms with Gasteiger partial charge in [0.05, 0.1) is 19.5 Å². The Bertz CT molecular complexity index is 1100. The van der Waals surface area contributed by atoms with E-state index in [1.807, 2.05) is 0 Å². The molecule has 2 aromatic rings. The van der Waals surface area contributed by atoms with Gasteiger partial charge < -0.3 is 30.4 Å². The molecule has 0 saturated carbocycles. The summed E-state index contributed by atoms with van der Waals surface area (Å²) >= 11 is 3.27. The van der Waals surface area contributed by atoms with Crippen molar-refractivity contribution in [1.29, 1.82) is 0 Å². The maximum atomic E-state index is 12.2. The number of anilines is 1. The van der Waals surface area contributed by atoms with Crippen molar-refractivity contribution >= 4 is 40.6 Å². The van der Waals surface area contributed by atoms with E-state index < -0.39 is 32.7 Å². The van der Waals surface area contributed by atoms with Crippen LogP contribution in [0, 0.1) is 0 Å². The molecular formula is C27H47BrF3N6O5P. The summed E-state index contributed by atoms with van der Waals surface area (Å²) in [4.78, 5) is 22.3. The van der Waals surface area contributed by atoms with Gasteiger partial charge in [0.15, 0.2) is 5.65 Å². The highest BCUT2D eigenvalue weighted by molar-refractivity contribution is 9.10. The average Bonchev–Trinajstić information content (AvgIpc) is 3.35. The molecule has 43 heavy (non-hydrogen) atoms. The van der Waals surface area contributed by atoms with Crippen molar-refractivity contribution in [3.8, 4) is 0 Å². The van der Waals surface area contributed by atoms with Gasteiger partial charge >= 0.3 is 13.8 Å². The highest BCUT2D eigenvalue weighted by Crippen LogP contribution is 2.41. The van der Waals surface area contributed by atoms with Crippen LogP contribution in [0.2, 0.25) is 0 Å². The first-order valence-corrected chi connectivity index (χ1v) is 17.6. The second-order valence-corrected chi connectivity index (χ2v) is 13.2. The van der Waals surface area contributed by atoms with Crippen LogP contribution in [0.4, 0.5) is 19.1 Å². The first-order chi connectivity index (χ1) is 20.5. The summed E-state index contributed by atoms with van der Waals surface area (Å²) in [7, 11) is -3.93. The van der Waals surface area contributed by atoms with Crippen molar-refractivity contribution in [3.63, 3.8) is 0 Å². The molecule has 248 valence electrons. The number of fused-ring (bicyclic) bond motifs is 1. The van der Waals surface area contributed by atoms with E-state index in [1.165, 1.54) is 44.9 Å². The highest BCUT2D eigenvalue weighted by Gasteiger charge is 2.25. The summed E-state index contributed by atoms with van der Waals surface area (Å²) in [5, 5.41) is 0. The van der Waals surface area contributed by atoms with Crippen molar-refractivity contribution in [3.05, 3.63) is 10.9 Å². The molecular weight excluding hydrogens is 656 g/mol. The van der Waals surface area contributed by atoms with Gasteiger partial charge in [-0.1, -0.05) is 70.6 Å². The van der Waals surface area contributed by atoms with Gasteiger partial charge in [0.25, 0.3) is 0 Å². The van der Waals surface area contributed by atoms with E-state index in [9.17, 15) is 22.6 Å². The van der Waals surface area contributed by atoms with Gasteiger partial charge in [-0.3, -0.25) is 9.13 Å². The smallest absolute Gasteiger partial charge is 0.381 e.